The highest BCUT2D eigenvalue weighted by Crippen LogP contribution is 2.44. The molecule has 1 aliphatic carbocycles. The minimum atomic E-state index is -0.227. The molecule has 5 heteroatoms. The Kier molecular flexibility index (Phi) is 3.59. The van der Waals surface area contributed by atoms with E-state index in [1.165, 1.54) is 0 Å². The Morgan fingerprint density at radius 3 is 2.76 bits per heavy atom. The second kappa shape index (κ2) is 5.41. The largest absolute Gasteiger partial charge is 0.459 e. The van der Waals surface area contributed by atoms with Crippen LogP contribution in [-0.4, -0.2) is 24.3 Å². The number of carbonyl (C=O) groups is 1. The number of aryl methyl sites for hydroxylation is 1. The molecule has 1 heterocycles. The molecule has 0 atom stereocenters. The minimum Gasteiger partial charge on any atom is -0.459 e. The van der Waals surface area contributed by atoms with Crippen molar-refractivity contribution in [2.45, 2.75) is 26.3 Å². The number of aliphatic hydroxyl groups excluding tert-OH is 1. The topological polar surface area (TPSA) is 74.5 Å². The highest BCUT2D eigenvalue weighted by molar-refractivity contribution is 5.82. The van der Waals surface area contributed by atoms with Crippen LogP contribution in [0.2, 0.25) is 0 Å². The van der Waals surface area contributed by atoms with Gasteiger partial charge in [-0.25, -0.2) is 4.79 Å². The van der Waals surface area contributed by atoms with Crippen molar-refractivity contribution in [1.82, 2.24) is 10.6 Å². The average molecular weight is 288 g/mol. The number of carbonyl (C=O) groups excluding carboxylic acids is 1. The van der Waals surface area contributed by atoms with E-state index in [-0.39, 0.29) is 18.1 Å². The van der Waals surface area contributed by atoms with Crippen LogP contribution >= 0.6 is 0 Å². The lowest BCUT2D eigenvalue weighted by Gasteiger charge is -2.13. The van der Waals surface area contributed by atoms with Crippen molar-refractivity contribution in [3.63, 3.8) is 0 Å². The van der Waals surface area contributed by atoms with Gasteiger partial charge in [0.25, 0.3) is 0 Å². The van der Waals surface area contributed by atoms with Gasteiger partial charge in [-0.2, -0.15) is 0 Å². The molecule has 1 saturated carbocycles. The summed E-state index contributed by atoms with van der Waals surface area (Å²) in [6, 6.07) is 7.60. The van der Waals surface area contributed by atoms with E-state index < -0.39 is 0 Å². The number of hydrogen-bond donors (Lipinski definition) is 3. The molecule has 0 radical (unpaired) electrons. The highest BCUT2D eigenvalue weighted by atomic mass is 16.3. The van der Waals surface area contributed by atoms with E-state index in [0.29, 0.717) is 13.1 Å². The van der Waals surface area contributed by atoms with Crippen LogP contribution in [0.25, 0.3) is 11.0 Å². The van der Waals surface area contributed by atoms with Crippen molar-refractivity contribution >= 4 is 17.0 Å². The van der Waals surface area contributed by atoms with Crippen LogP contribution in [0.15, 0.2) is 28.7 Å². The van der Waals surface area contributed by atoms with Gasteiger partial charge in [-0.15, -0.1) is 0 Å². The van der Waals surface area contributed by atoms with Gasteiger partial charge in [-0.3, -0.25) is 0 Å². The van der Waals surface area contributed by atoms with E-state index in [0.717, 1.165) is 35.1 Å². The number of amides is 2. The summed E-state index contributed by atoms with van der Waals surface area (Å²) in [6.45, 7) is 3.01. The molecule has 0 unspecified atom stereocenters. The van der Waals surface area contributed by atoms with Crippen molar-refractivity contribution in [2.75, 3.05) is 13.2 Å². The predicted octanol–water partition coefficient (Wildman–Crippen LogP) is 2.31. The van der Waals surface area contributed by atoms with Gasteiger partial charge >= 0.3 is 6.03 Å². The Balaban J connectivity index is 1.56. The molecular formula is C16H20N2O3. The summed E-state index contributed by atoms with van der Waals surface area (Å²) >= 11 is 0. The molecule has 2 amide bonds. The molecule has 0 spiro atoms. The summed E-state index contributed by atoms with van der Waals surface area (Å²) in [7, 11) is 0. The molecule has 3 N–H and O–H groups in total. The van der Waals surface area contributed by atoms with Crippen LogP contribution in [-0.2, 0) is 6.54 Å². The monoisotopic (exact) mass is 288 g/mol. The first-order valence-electron chi connectivity index (χ1n) is 7.23. The number of benzene rings is 1. The molecule has 1 aliphatic rings. The third kappa shape index (κ3) is 2.88. The van der Waals surface area contributed by atoms with Crippen molar-refractivity contribution in [3.05, 3.63) is 35.6 Å². The Morgan fingerprint density at radius 2 is 2.10 bits per heavy atom. The zero-order valence-corrected chi connectivity index (χ0v) is 12.1. The van der Waals surface area contributed by atoms with Gasteiger partial charge in [0.15, 0.2) is 0 Å². The lowest BCUT2D eigenvalue weighted by Crippen LogP contribution is -2.39. The van der Waals surface area contributed by atoms with Gasteiger partial charge in [0.1, 0.15) is 11.3 Å². The molecule has 21 heavy (non-hydrogen) atoms. The van der Waals surface area contributed by atoms with Crippen molar-refractivity contribution < 1.29 is 14.3 Å². The van der Waals surface area contributed by atoms with Crippen LogP contribution in [0, 0.1) is 12.3 Å². The van der Waals surface area contributed by atoms with Crippen molar-refractivity contribution in [2.24, 2.45) is 5.41 Å². The fourth-order valence-electron chi connectivity index (χ4n) is 2.45. The summed E-state index contributed by atoms with van der Waals surface area (Å²) in [5, 5.41) is 15.9. The number of furan rings is 1. The molecule has 1 fully saturated rings. The third-order valence-electron chi connectivity index (χ3n) is 4.27. The zero-order chi connectivity index (χ0) is 14.9. The predicted molar refractivity (Wildman–Crippen MR) is 79.9 cm³/mol. The molecule has 5 nitrogen and oxygen atoms in total. The van der Waals surface area contributed by atoms with Crippen molar-refractivity contribution in [1.29, 1.82) is 0 Å². The SMILES string of the molecule is Cc1c(CNC(=O)NCC2(CO)CC2)oc2ccccc12. The Hall–Kier alpha value is -2.01. The number of urea groups is 1. The van der Waals surface area contributed by atoms with Gasteiger partial charge in [-0.05, 0) is 25.8 Å². The van der Waals surface area contributed by atoms with Crippen molar-refractivity contribution in [3.8, 4) is 0 Å². The van der Waals surface area contributed by atoms with Gasteiger partial charge < -0.3 is 20.2 Å². The second-order valence-corrected chi connectivity index (χ2v) is 5.84. The summed E-state index contributed by atoms with van der Waals surface area (Å²) < 4.78 is 5.75. The summed E-state index contributed by atoms with van der Waals surface area (Å²) in [6.07, 6.45) is 1.96. The van der Waals surface area contributed by atoms with E-state index in [2.05, 4.69) is 10.6 Å². The third-order valence-corrected chi connectivity index (χ3v) is 4.27. The average Bonchev–Trinajstić information content (AvgIpc) is 3.23. The standard InChI is InChI=1S/C16H20N2O3/c1-11-12-4-2-3-5-13(12)21-14(11)8-17-15(20)18-9-16(10-19)6-7-16/h2-5,19H,6-10H2,1H3,(H2,17,18,20). The molecule has 0 saturated heterocycles. The lowest BCUT2D eigenvalue weighted by molar-refractivity contribution is 0.202. The first kappa shape index (κ1) is 13.9. The maximum Gasteiger partial charge on any atom is 0.315 e. The van der Waals surface area contributed by atoms with Crippen LogP contribution in [0.1, 0.15) is 24.2 Å². The van der Waals surface area contributed by atoms with Crippen LogP contribution in [0.4, 0.5) is 4.79 Å². The van der Waals surface area contributed by atoms with E-state index >= 15 is 0 Å². The fourth-order valence-corrected chi connectivity index (χ4v) is 2.45. The van der Waals surface area contributed by atoms with Crippen LogP contribution in [0.5, 0.6) is 0 Å². The minimum absolute atomic E-state index is 0.0768. The van der Waals surface area contributed by atoms with E-state index in [9.17, 15) is 9.90 Å². The zero-order valence-electron chi connectivity index (χ0n) is 12.1. The first-order valence-corrected chi connectivity index (χ1v) is 7.23. The molecule has 0 aliphatic heterocycles. The maximum atomic E-state index is 11.8. The van der Waals surface area contributed by atoms with E-state index in [1.807, 2.05) is 31.2 Å². The smallest absolute Gasteiger partial charge is 0.315 e. The number of hydrogen-bond acceptors (Lipinski definition) is 3. The van der Waals surface area contributed by atoms with Gasteiger partial charge in [0, 0.05) is 22.9 Å². The summed E-state index contributed by atoms with van der Waals surface area (Å²) in [5.41, 5.74) is 1.82. The number of para-hydroxylation sites is 1. The first-order chi connectivity index (χ1) is 10.1. The molecule has 1 aromatic heterocycles. The summed E-state index contributed by atoms with van der Waals surface area (Å²) in [4.78, 5) is 11.8. The molecule has 112 valence electrons. The summed E-state index contributed by atoms with van der Waals surface area (Å²) in [5.74, 6) is 0.773. The van der Waals surface area contributed by atoms with E-state index in [4.69, 9.17) is 4.42 Å². The Bertz CT molecular complexity index is 659. The number of rotatable bonds is 5. The maximum absolute atomic E-state index is 11.8. The van der Waals surface area contributed by atoms with Gasteiger partial charge in [0.2, 0.25) is 0 Å². The fraction of sp³-hybridized carbons (Fsp3) is 0.438. The van der Waals surface area contributed by atoms with Gasteiger partial charge in [-0.1, -0.05) is 18.2 Å². The molecule has 1 aromatic carbocycles. The normalized spacial score (nSPS) is 15.9. The highest BCUT2D eigenvalue weighted by Gasteiger charge is 2.42. The Morgan fingerprint density at radius 1 is 1.33 bits per heavy atom. The van der Waals surface area contributed by atoms with Crippen LogP contribution in [0.3, 0.4) is 0 Å². The Labute approximate surface area is 123 Å². The molecule has 0 bridgehead atoms. The van der Waals surface area contributed by atoms with Gasteiger partial charge in [0.05, 0.1) is 13.2 Å². The van der Waals surface area contributed by atoms with E-state index in [1.54, 1.807) is 0 Å². The molecule has 3 rings (SSSR count). The number of nitrogens with one attached hydrogen (secondary N) is 2. The number of aliphatic hydroxyl groups is 1. The second-order valence-electron chi connectivity index (χ2n) is 5.84. The quantitative estimate of drug-likeness (QED) is 0.790. The number of fused-ring (bicyclic) bond motifs is 1. The molecule has 2 aromatic rings. The molecular weight excluding hydrogens is 268 g/mol. The van der Waals surface area contributed by atoms with Crippen LogP contribution < -0.4 is 10.6 Å². The lowest BCUT2D eigenvalue weighted by atomic mass is 10.1.